The van der Waals surface area contributed by atoms with Crippen molar-refractivity contribution in [1.82, 2.24) is 0 Å². The molecule has 1 saturated carbocycles. The van der Waals surface area contributed by atoms with Crippen LogP contribution >= 0.6 is 0 Å². The summed E-state index contributed by atoms with van der Waals surface area (Å²) in [5.74, 6) is -0.0540. The van der Waals surface area contributed by atoms with E-state index in [4.69, 9.17) is 10.8 Å². The average molecular weight is 240 g/mol. The van der Waals surface area contributed by atoms with Crippen LogP contribution < -0.4 is 0 Å². The molecular formula is C13H12N4O. The van der Waals surface area contributed by atoms with Crippen LogP contribution in [0.15, 0.2) is 29.4 Å². The third kappa shape index (κ3) is 1.94. The van der Waals surface area contributed by atoms with Crippen molar-refractivity contribution in [2.75, 3.05) is 0 Å². The summed E-state index contributed by atoms with van der Waals surface area (Å²) in [6.45, 7) is 0. The van der Waals surface area contributed by atoms with Crippen LogP contribution in [0, 0.1) is 11.3 Å². The first kappa shape index (κ1) is 12.2. The Kier molecular flexibility index (Phi) is 3.31. The minimum atomic E-state index is -1.11. The number of Topliss-reactive ketones (excluding diaryl/α,β-unsaturated/α-hetero) is 1. The Labute approximate surface area is 105 Å². The van der Waals surface area contributed by atoms with Crippen LogP contribution in [0.4, 0.5) is 0 Å². The predicted octanol–water partition coefficient (Wildman–Crippen LogP) is 3.21. The predicted molar refractivity (Wildman–Crippen MR) is 65.5 cm³/mol. The number of nitrogens with zero attached hydrogens (tertiary/aromatic N) is 4. The second kappa shape index (κ2) is 4.91. The number of carbonyl (C=O) groups is 1. The van der Waals surface area contributed by atoms with Crippen LogP contribution in [-0.4, -0.2) is 5.78 Å². The number of nitriles is 1. The third-order valence-corrected chi connectivity index (χ3v) is 3.34. The molecule has 0 bridgehead atoms. The maximum Gasteiger partial charge on any atom is 0.149 e. The van der Waals surface area contributed by atoms with E-state index >= 15 is 0 Å². The van der Waals surface area contributed by atoms with E-state index in [-0.39, 0.29) is 5.78 Å². The van der Waals surface area contributed by atoms with Crippen molar-refractivity contribution in [1.29, 1.82) is 5.26 Å². The third-order valence-electron chi connectivity index (χ3n) is 3.34. The molecule has 0 amide bonds. The number of ketones is 1. The van der Waals surface area contributed by atoms with Gasteiger partial charge in [-0.2, -0.15) is 5.26 Å². The molecule has 1 aliphatic rings. The highest BCUT2D eigenvalue weighted by Gasteiger charge is 2.40. The fourth-order valence-corrected chi connectivity index (χ4v) is 2.40. The molecule has 1 fully saturated rings. The molecule has 0 aliphatic heterocycles. The van der Waals surface area contributed by atoms with Crippen molar-refractivity contribution < 1.29 is 4.79 Å². The van der Waals surface area contributed by atoms with E-state index in [0.29, 0.717) is 24.0 Å². The minimum Gasteiger partial charge on any atom is -0.299 e. The van der Waals surface area contributed by atoms with Crippen LogP contribution in [0.1, 0.15) is 36.8 Å². The number of benzene rings is 1. The molecule has 0 saturated heterocycles. The maximum absolute atomic E-state index is 12.2. The molecule has 1 aromatic rings. The standard InChI is InChI=1S/C13H12N4O/c14-9-10-4-3-5-11(8-10)13(16-17-15)7-2-1-6-12(13)18/h3-5,8H,1-2,6-7H2. The summed E-state index contributed by atoms with van der Waals surface area (Å²) < 4.78 is 0. The first-order chi connectivity index (χ1) is 8.73. The van der Waals surface area contributed by atoms with Gasteiger partial charge in [-0.1, -0.05) is 23.7 Å². The Morgan fingerprint density at radius 2 is 2.28 bits per heavy atom. The van der Waals surface area contributed by atoms with Gasteiger partial charge in [0.2, 0.25) is 0 Å². The molecule has 18 heavy (non-hydrogen) atoms. The molecule has 0 radical (unpaired) electrons. The second-order valence-electron chi connectivity index (χ2n) is 4.37. The van der Waals surface area contributed by atoms with Crippen LogP contribution in [0.2, 0.25) is 0 Å². The molecule has 1 atom stereocenters. The lowest BCUT2D eigenvalue weighted by molar-refractivity contribution is -0.126. The molecule has 2 rings (SSSR count). The largest absolute Gasteiger partial charge is 0.299 e. The molecule has 0 N–H and O–H groups in total. The molecule has 1 aliphatic carbocycles. The van der Waals surface area contributed by atoms with E-state index in [2.05, 4.69) is 10.0 Å². The first-order valence-electron chi connectivity index (χ1n) is 5.83. The van der Waals surface area contributed by atoms with Gasteiger partial charge < -0.3 is 0 Å². The normalized spacial score (nSPS) is 22.9. The van der Waals surface area contributed by atoms with Gasteiger partial charge in [0.1, 0.15) is 11.3 Å². The number of azide groups is 1. The summed E-state index contributed by atoms with van der Waals surface area (Å²) in [5.41, 5.74) is 8.72. The highest BCUT2D eigenvalue weighted by molar-refractivity contribution is 5.90. The quantitative estimate of drug-likeness (QED) is 0.451. The van der Waals surface area contributed by atoms with Gasteiger partial charge in [-0.3, -0.25) is 4.79 Å². The van der Waals surface area contributed by atoms with Crippen molar-refractivity contribution in [2.45, 2.75) is 31.2 Å². The summed E-state index contributed by atoms with van der Waals surface area (Å²) in [6, 6.07) is 8.80. The van der Waals surface area contributed by atoms with E-state index in [0.717, 1.165) is 12.8 Å². The zero-order valence-electron chi connectivity index (χ0n) is 9.83. The lowest BCUT2D eigenvalue weighted by Gasteiger charge is -2.31. The molecule has 5 nitrogen and oxygen atoms in total. The zero-order valence-corrected chi connectivity index (χ0v) is 9.83. The van der Waals surface area contributed by atoms with Gasteiger partial charge in [0.25, 0.3) is 0 Å². The summed E-state index contributed by atoms with van der Waals surface area (Å²) >= 11 is 0. The molecule has 0 spiro atoms. The van der Waals surface area contributed by atoms with Gasteiger partial charge in [0.05, 0.1) is 11.6 Å². The summed E-state index contributed by atoms with van der Waals surface area (Å²) in [4.78, 5) is 15.0. The SMILES string of the molecule is N#Cc1cccc(C2(N=[N+]=[N-])CCCCC2=O)c1. The van der Waals surface area contributed by atoms with Crippen LogP contribution in [0.3, 0.4) is 0 Å². The second-order valence-corrected chi connectivity index (χ2v) is 4.37. The van der Waals surface area contributed by atoms with Crippen LogP contribution in [-0.2, 0) is 10.3 Å². The summed E-state index contributed by atoms with van der Waals surface area (Å²) in [7, 11) is 0. The van der Waals surface area contributed by atoms with E-state index in [9.17, 15) is 4.79 Å². The molecule has 1 aromatic carbocycles. The average Bonchev–Trinajstić information content (AvgIpc) is 2.42. The van der Waals surface area contributed by atoms with Crippen molar-refractivity contribution in [3.05, 3.63) is 45.8 Å². The lowest BCUT2D eigenvalue weighted by Crippen LogP contribution is -2.36. The number of carbonyl (C=O) groups excluding carboxylic acids is 1. The van der Waals surface area contributed by atoms with Crippen LogP contribution in [0.25, 0.3) is 10.4 Å². The van der Waals surface area contributed by atoms with E-state index in [1.165, 1.54) is 0 Å². The Morgan fingerprint density at radius 1 is 1.44 bits per heavy atom. The Bertz CT molecular complexity index is 569. The number of rotatable bonds is 2. The molecular weight excluding hydrogens is 228 g/mol. The number of hydrogen-bond donors (Lipinski definition) is 0. The van der Waals surface area contributed by atoms with Gasteiger partial charge in [-0.05, 0) is 36.1 Å². The number of hydrogen-bond acceptors (Lipinski definition) is 3. The van der Waals surface area contributed by atoms with Crippen molar-refractivity contribution >= 4 is 5.78 Å². The fraction of sp³-hybridized carbons (Fsp3) is 0.385. The molecule has 1 unspecified atom stereocenters. The van der Waals surface area contributed by atoms with Crippen molar-refractivity contribution in [3.63, 3.8) is 0 Å². The Hall–Kier alpha value is -2.31. The summed E-state index contributed by atoms with van der Waals surface area (Å²) in [5, 5.41) is 12.7. The van der Waals surface area contributed by atoms with E-state index < -0.39 is 5.54 Å². The first-order valence-corrected chi connectivity index (χ1v) is 5.83. The molecule has 5 heteroatoms. The summed E-state index contributed by atoms with van der Waals surface area (Å²) in [6.07, 6.45) is 2.63. The Balaban J connectivity index is 2.56. The van der Waals surface area contributed by atoms with Gasteiger partial charge in [0.15, 0.2) is 0 Å². The van der Waals surface area contributed by atoms with Crippen molar-refractivity contribution in [3.8, 4) is 6.07 Å². The van der Waals surface area contributed by atoms with E-state index in [1.807, 2.05) is 6.07 Å². The maximum atomic E-state index is 12.2. The lowest BCUT2D eigenvalue weighted by atomic mass is 9.76. The van der Waals surface area contributed by atoms with Gasteiger partial charge in [0, 0.05) is 11.3 Å². The molecule has 90 valence electrons. The highest BCUT2D eigenvalue weighted by atomic mass is 16.1. The van der Waals surface area contributed by atoms with Gasteiger partial charge in [-0.15, -0.1) is 0 Å². The van der Waals surface area contributed by atoms with Crippen molar-refractivity contribution in [2.24, 2.45) is 5.11 Å². The monoisotopic (exact) mass is 240 g/mol. The Morgan fingerprint density at radius 3 is 2.94 bits per heavy atom. The smallest absolute Gasteiger partial charge is 0.149 e. The van der Waals surface area contributed by atoms with Gasteiger partial charge in [-0.25, -0.2) is 0 Å². The fourth-order valence-electron chi connectivity index (χ4n) is 2.40. The minimum absolute atomic E-state index is 0.0540. The molecule has 0 heterocycles. The highest BCUT2D eigenvalue weighted by Crippen LogP contribution is 2.38. The topological polar surface area (TPSA) is 89.6 Å². The molecule has 0 aromatic heterocycles. The van der Waals surface area contributed by atoms with Gasteiger partial charge >= 0.3 is 0 Å². The zero-order chi connectivity index (χ0) is 13.0. The van der Waals surface area contributed by atoms with Crippen LogP contribution in [0.5, 0.6) is 0 Å². The van der Waals surface area contributed by atoms with E-state index in [1.54, 1.807) is 24.3 Å².